The van der Waals surface area contributed by atoms with Gasteiger partial charge in [-0.25, -0.2) is 4.98 Å². The highest BCUT2D eigenvalue weighted by Crippen LogP contribution is 2.28. The van der Waals surface area contributed by atoms with Crippen LogP contribution in [0.4, 0.5) is 0 Å². The predicted octanol–water partition coefficient (Wildman–Crippen LogP) is 3.82. The van der Waals surface area contributed by atoms with Crippen LogP contribution in [0, 0.1) is 23.2 Å². The molecule has 0 radical (unpaired) electrons. The molecule has 0 N–H and O–H groups in total. The molecule has 1 saturated heterocycles. The van der Waals surface area contributed by atoms with Crippen molar-refractivity contribution in [3.63, 3.8) is 0 Å². The number of hydrogen-bond acceptors (Lipinski definition) is 4. The quantitative estimate of drug-likeness (QED) is 0.609. The summed E-state index contributed by atoms with van der Waals surface area (Å²) in [5.74, 6) is 1.68. The molecule has 4 nitrogen and oxygen atoms in total. The van der Waals surface area contributed by atoms with E-state index in [0.29, 0.717) is 23.2 Å². The van der Waals surface area contributed by atoms with Crippen molar-refractivity contribution in [1.29, 1.82) is 5.26 Å². The molecule has 1 aliphatic carbocycles. The number of hydrogen-bond donors (Lipinski definition) is 0. The monoisotopic (exact) mass is 357 g/mol. The lowest BCUT2D eigenvalue weighted by molar-refractivity contribution is -0.130. The van der Waals surface area contributed by atoms with Crippen LogP contribution in [0.15, 0.2) is 11.1 Å². The van der Waals surface area contributed by atoms with Crippen molar-refractivity contribution < 1.29 is 4.79 Å². The van der Waals surface area contributed by atoms with Crippen molar-refractivity contribution in [3.8, 4) is 6.07 Å². The molecule has 0 spiro atoms. The van der Waals surface area contributed by atoms with Crippen LogP contribution >= 0.6 is 11.8 Å². The Morgan fingerprint density at radius 3 is 2.72 bits per heavy atom. The number of aromatic nitrogens is 1. The van der Waals surface area contributed by atoms with Crippen LogP contribution in [0.2, 0.25) is 0 Å². The summed E-state index contributed by atoms with van der Waals surface area (Å²) in [6.45, 7) is 6.13. The van der Waals surface area contributed by atoms with Gasteiger partial charge in [0.2, 0.25) is 5.91 Å². The molecule has 134 valence electrons. The molecule has 1 aliphatic heterocycles. The highest BCUT2D eigenvalue weighted by molar-refractivity contribution is 7.99. The van der Waals surface area contributed by atoms with Gasteiger partial charge in [-0.15, -0.1) is 0 Å². The summed E-state index contributed by atoms with van der Waals surface area (Å²) in [7, 11) is 0. The summed E-state index contributed by atoms with van der Waals surface area (Å²) in [4.78, 5) is 19.3. The zero-order valence-electron chi connectivity index (χ0n) is 15.3. The van der Waals surface area contributed by atoms with Gasteiger partial charge in [-0.05, 0) is 55.6 Å². The van der Waals surface area contributed by atoms with E-state index >= 15 is 0 Å². The van der Waals surface area contributed by atoms with Gasteiger partial charge < -0.3 is 4.90 Å². The van der Waals surface area contributed by atoms with Gasteiger partial charge in [0.05, 0.1) is 11.3 Å². The maximum atomic E-state index is 12.6. The van der Waals surface area contributed by atoms with Crippen molar-refractivity contribution >= 4 is 17.7 Å². The maximum Gasteiger partial charge on any atom is 0.233 e. The standard InChI is InChI=1S/C20H27N3OS/c1-14-8-15(2)12-23(11-14)19(24)13-25-20-17(10-21)9-16-6-4-3-5-7-18(16)22-20/h9,14-15H,3-8,11-13H2,1-2H3/t14-,15-/m1/s1. The Morgan fingerprint density at radius 2 is 2.00 bits per heavy atom. The number of aryl methyl sites for hydroxylation is 2. The van der Waals surface area contributed by atoms with Gasteiger partial charge >= 0.3 is 0 Å². The van der Waals surface area contributed by atoms with Crippen molar-refractivity contribution in [2.24, 2.45) is 11.8 Å². The summed E-state index contributed by atoms with van der Waals surface area (Å²) in [5.41, 5.74) is 2.98. The van der Waals surface area contributed by atoms with Gasteiger partial charge in [-0.3, -0.25) is 4.79 Å². The Kier molecular flexibility index (Phi) is 6.01. The fraction of sp³-hybridized carbons (Fsp3) is 0.650. The van der Waals surface area contributed by atoms with Gasteiger partial charge in [0.25, 0.3) is 0 Å². The van der Waals surface area contributed by atoms with Gasteiger partial charge in [-0.1, -0.05) is 32.0 Å². The topological polar surface area (TPSA) is 57.0 Å². The first-order valence-corrected chi connectivity index (χ1v) is 10.4. The van der Waals surface area contributed by atoms with E-state index < -0.39 is 0 Å². The molecule has 25 heavy (non-hydrogen) atoms. The lowest BCUT2D eigenvalue weighted by atomic mass is 9.92. The van der Waals surface area contributed by atoms with E-state index in [9.17, 15) is 10.1 Å². The smallest absolute Gasteiger partial charge is 0.233 e. The Hall–Kier alpha value is -1.54. The average Bonchev–Trinajstić information content (AvgIpc) is 2.82. The molecule has 1 fully saturated rings. The first kappa shape index (κ1) is 18.3. The van der Waals surface area contributed by atoms with Crippen molar-refractivity contribution in [1.82, 2.24) is 9.88 Å². The normalized spacial score (nSPS) is 23.5. The van der Waals surface area contributed by atoms with E-state index in [2.05, 4.69) is 19.9 Å². The SMILES string of the molecule is C[C@@H]1C[C@@H](C)CN(C(=O)CSc2nc3c(cc2C#N)CCCCC3)C1. The Morgan fingerprint density at radius 1 is 1.28 bits per heavy atom. The first-order chi connectivity index (χ1) is 12.1. The summed E-state index contributed by atoms with van der Waals surface area (Å²) < 4.78 is 0. The summed E-state index contributed by atoms with van der Waals surface area (Å²) >= 11 is 1.43. The number of amides is 1. The van der Waals surface area contributed by atoms with Crippen LogP contribution in [0.5, 0.6) is 0 Å². The third-order valence-corrected chi connectivity index (χ3v) is 6.17. The van der Waals surface area contributed by atoms with Crippen LogP contribution in [-0.4, -0.2) is 34.6 Å². The minimum Gasteiger partial charge on any atom is -0.341 e. The number of fused-ring (bicyclic) bond motifs is 1. The highest BCUT2D eigenvalue weighted by atomic mass is 32.2. The minimum absolute atomic E-state index is 0.170. The molecule has 1 aromatic heterocycles. The second-order valence-electron chi connectivity index (χ2n) is 7.65. The third kappa shape index (κ3) is 4.55. The Bertz CT molecular complexity index is 672. The number of carbonyl (C=O) groups excluding carboxylic acids is 1. The number of rotatable bonds is 3. The van der Waals surface area contributed by atoms with E-state index in [0.717, 1.165) is 36.7 Å². The van der Waals surface area contributed by atoms with E-state index in [4.69, 9.17) is 4.98 Å². The summed E-state index contributed by atoms with van der Waals surface area (Å²) in [5, 5.41) is 10.2. The molecule has 1 aromatic rings. The van der Waals surface area contributed by atoms with Crippen molar-refractivity contribution in [3.05, 3.63) is 22.9 Å². The number of nitrogens with zero attached hydrogens (tertiary/aromatic N) is 3. The van der Waals surface area contributed by atoms with Crippen LogP contribution in [-0.2, 0) is 17.6 Å². The molecule has 0 aromatic carbocycles. The van der Waals surface area contributed by atoms with E-state index in [1.807, 2.05) is 11.0 Å². The van der Waals surface area contributed by atoms with Crippen molar-refractivity contribution in [2.75, 3.05) is 18.8 Å². The Balaban J connectivity index is 1.69. The molecule has 3 rings (SSSR count). The van der Waals surface area contributed by atoms with Crippen LogP contribution in [0.3, 0.4) is 0 Å². The number of pyridine rings is 1. The second kappa shape index (κ2) is 8.23. The molecule has 0 bridgehead atoms. The van der Waals surface area contributed by atoms with Gasteiger partial charge in [0.1, 0.15) is 11.1 Å². The lowest BCUT2D eigenvalue weighted by Crippen LogP contribution is -2.43. The molecule has 2 aliphatic rings. The molecule has 2 heterocycles. The molecule has 1 amide bonds. The van der Waals surface area contributed by atoms with Crippen LogP contribution in [0.25, 0.3) is 0 Å². The number of carbonyl (C=O) groups is 1. The molecular formula is C20H27N3OS. The maximum absolute atomic E-state index is 12.6. The van der Waals surface area contributed by atoms with Gasteiger partial charge in [0.15, 0.2) is 0 Å². The number of nitriles is 1. The summed E-state index contributed by atoms with van der Waals surface area (Å²) in [6.07, 6.45) is 6.77. The van der Waals surface area contributed by atoms with Crippen molar-refractivity contribution in [2.45, 2.75) is 57.4 Å². The number of likely N-dealkylation sites (tertiary alicyclic amines) is 1. The van der Waals surface area contributed by atoms with E-state index in [-0.39, 0.29) is 5.91 Å². The molecular weight excluding hydrogens is 330 g/mol. The summed E-state index contributed by atoms with van der Waals surface area (Å²) in [6, 6.07) is 4.28. The van der Waals surface area contributed by atoms with Gasteiger partial charge in [0, 0.05) is 18.8 Å². The van der Waals surface area contributed by atoms with E-state index in [1.165, 1.54) is 43.0 Å². The predicted molar refractivity (Wildman–Crippen MR) is 100 cm³/mol. The fourth-order valence-corrected chi connectivity index (χ4v) is 4.95. The third-order valence-electron chi connectivity index (χ3n) is 5.19. The zero-order valence-corrected chi connectivity index (χ0v) is 16.1. The second-order valence-corrected chi connectivity index (χ2v) is 8.62. The Labute approximate surface area is 155 Å². The van der Waals surface area contributed by atoms with Gasteiger partial charge in [-0.2, -0.15) is 5.26 Å². The number of thioether (sulfide) groups is 1. The lowest BCUT2D eigenvalue weighted by Gasteiger charge is -2.35. The molecule has 0 unspecified atom stereocenters. The minimum atomic E-state index is 0.170. The van der Waals surface area contributed by atoms with E-state index in [1.54, 1.807) is 0 Å². The largest absolute Gasteiger partial charge is 0.341 e. The molecule has 2 atom stereocenters. The fourth-order valence-electron chi connectivity index (χ4n) is 4.07. The first-order valence-electron chi connectivity index (χ1n) is 9.40. The van der Waals surface area contributed by atoms with Crippen LogP contribution < -0.4 is 0 Å². The number of piperidine rings is 1. The zero-order chi connectivity index (χ0) is 17.8. The molecule has 0 saturated carbocycles. The molecule has 5 heteroatoms. The average molecular weight is 358 g/mol. The van der Waals surface area contributed by atoms with Crippen LogP contribution in [0.1, 0.15) is 56.4 Å². The highest BCUT2D eigenvalue weighted by Gasteiger charge is 2.25.